The van der Waals surface area contributed by atoms with E-state index in [4.69, 9.17) is 19.9 Å². The van der Waals surface area contributed by atoms with Gasteiger partial charge in [-0.3, -0.25) is 0 Å². The van der Waals surface area contributed by atoms with Crippen LogP contribution in [0.1, 0.15) is 25.0 Å². The van der Waals surface area contributed by atoms with E-state index < -0.39 is 0 Å². The number of rotatable bonds is 9. The van der Waals surface area contributed by atoms with Gasteiger partial charge in [-0.2, -0.15) is 0 Å². The second kappa shape index (κ2) is 30.7. The molecule has 0 amide bonds. The van der Waals surface area contributed by atoms with Crippen molar-refractivity contribution in [3.8, 4) is 84.9 Å². The van der Waals surface area contributed by atoms with Gasteiger partial charge >= 0.3 is 0 Å². The largest absolute Gasteiger partial charge is 0.309 e. The summed E-state index contributed by atoms with van der Waals surface area (Å²) >= 11 is 0. The Hall–Kier alpha value is -18.7. The molecule has 660 valence electrons. The third-order valence-electron chi connectivity index (χ3n) is 30.6. The first-order valence-corrected chi connectivity index (χ1v) is 48.9. The molecule has 0 radical (unpaired) electrons. The van der Waals surface area contributed by atoms with E-state index in [1.807, 2.05) is 0 Å². The van der Waals surface area contributed by atoms with Crippen LogP contribution >= 0.6 is 0 Å². The van der Waals surface area contributed by atoms with E-state index in [0.717, 1.165) is 117 Å². The van der Waals surface area contributed by atoms with Crippen LogP contribution in [0, 0.1) is 0 Å². The van der Waals surface area contributed by atoms with Gasteiger partial charge in [0, 0.05) is 120 Å². The number of benzene rings is 23. The maximum atomic E-state index is 5.49. The summed E-state index contributed by atoms with van der Waals surface area (Å²) in [5.41, 5.74) is 30.5. The molecule has 31 rings (SSSR count). The zero-order valence-corrected chi connectivity index (χ0v) is 77.5. The van der Waals surface area contributed by atoms with Crippen molar-refractivity contribution in [1.82, 2.24) is 42.8 Å². The van der Waals surface area contributed by atoms with E-state index in [-0.39, 0.29) is 5.41 Å². The van der Waals surface area contributed by atoms with E-state index in [9.17, 15) is 0 Å². The fraction of sp³-hybridized carbons (Fsp3) is 0.0226. The Labute approximate surface area is 814 Å². The summed E-state index contributed by atoms with van der Waals surface area (Å²) in [6, 6.07) is 170. The zero-order chi connectivity index (χ0) is 93.3. The topological polar surface area (TPSA) is 76.2 Å². The van der Waals surface area contributed by atoms with Gasteiger partial charge in [0.25, 0.3) is 0 Å². The molecule has 1 aliphatic carbocycles. The number of hydrogen-bond acceptors (Lipinski definition) is 4. The van der Waals surface area contributed by atoms with Crippen molar-refractivity contribution < 1.29 is 0 Å². The number of aromatic nitrogens is 9. The summed E-state index contributed by atoms with van der Waals surface area (Å²) < 4.78 is 12.1. The van der Waals surface area contributed by atoms with Crippen molar-refractivity contribution in [2.75, 3.05) is 0 Å². The molecule has 0 saturated carbocycles. The molecule has 0 bridgehead atoms. The molecule has 0 fully saturated rings. The van der Waals surface area contributed by atoms with Gasteiger partial charge in [0.15, 0.2) is 11.6 Å². The number of para-hydroxylation sites is 8. The third-order valence-corrected chi connectivity index (χ3v) is 30.6. The summed E-state index contributed by atoms with van der Waals surface area (Å²) in [6.45, 7) is 4.67. The fourth-order valence-electron chi connectivity index (χ4n) is 24.2. The minimum Gasteiger partial charge on any atom is -0.309 e. The summed E-state index contributed by atoms with van der Waals surface area (Å²) in [5, 5.41) is 28.8. The van der Waals surface area contributed by atoms with Gasteiger partial charge in [0.1, 0.15) is 0 Å². The van der Waals surface area contributed by atoms with Gasteiger partial charge < -0.3 is 22.8 Å². The maximum Gasteiger partial charge on any atom is 0.161 e. The van der Waals surface area contributed by atoms with Gasteiger partial charge in [-0.1, -0.05) is 329 Å². The summed E-state index contributed by atoms with van der Waals surface area (Å²) in [4.78, 5) is 21.5. The molecule has 30 aromatic rings. The summed E-state index contributed by atoms with van der Waals surface area (Å²) in [7, 11) is 0. The highest BCUT2D eigenvalue weighted by Gasteiger charge is 2.36. The smallest absolute Gasteiger partial charge is 0.161 e. The highest BCUT2D eigenvalue weighted by atomic mass is 15.0. The van der Waals surface area contributed by atoms with Gasteiger partial charge in [-0.15, -0.1) is 0 Å². The van der Waals surface area contributed by atoms with E-state index in [0.29, 0.717) is 5.82 Å². The van der Waals surface area contributed by atoms with Crippen LogP contribution in [-0.2, 0) is 5.41 Å². The Balaban J connectivity index is 0.000000133. The minimum atomic E-state index is -0.120. The molecule has 23 aromatic carbocycles. The second-order valence-electron chi connectivity index (χ2n) is 38.6. The van der Waals surface area contributed by atoms with Crippen LogP contribution in [-0.4, -0.2) is 42.8 Å². The zero-order valence-electron chi connectivity index (χ0n) is 77.5. The highest BCUT2D eigenvalue weighted by molar-refractivity contribution is 6.25. The first-order valence-electron chi connectivity index (χ1n) is 48.9. The van der Waals surface area contributed by atoms with Gasteiger partial charge in [-0.05, 0) is 233 Å². The Morgan fingerprint density at radius 1 is 0.176 bits per heavy atom. The number of fused-ring (bicyclic) bond motifs is 28. The normalized spacial score (nSPS) is 12.6. The van der Waals surface area contributed by atoms with Crippen LogP contribution in [0.25, 0.3) is 280 Å². The lowest BCUT2D eigenvalue weighted by atomic mass is 9.82. The van der Waals surface area contributed by atoms with Gasteiger partial charge in [0.2, 0.25) is 0 Å². The monoisotopic (exact) mass is 1810 g/mol. The van der Waals surface area contributed by atoms with E-state index in [2.05, 4.69) is 504 Å². The van der Waals surface area contributed by atoms with Crippen LogP contribution in [0.3, 0.4) is 0 Å². The Morgan fingerprint density at radius 3 is 1.15 bits per heavy atom. The number of nitrogens with zero attached hydrogens (tertiary/aromatic N) is 9. The van der Waals surface area contributed by atoms with Gasteiger partial charge in [-0.25, -0.2) is 19.9 Å². The molecule has 0 spiro atoms. The van der Waals surface area contributed by atoms with Crippen molar-refractivity contribution in [2.45, 2.75) is 19.3 Å². The predicted molar refractivity (Wildman–Crippen MR) is 595 cm³/mol. The quantitative estimate of drug-likeness (QED) is 0.144. The van der Waals surface area contributed by atoms with E-state index in [1.165, 1.54) is 169 Å². The SMILES string of the molecule is CC1(C)c2ccccc2-c2ccc(-c3nc(-c4ccc(-n5c6ccccc6c6cc7cc(-n8c9ccccc9c9c%10ccccc%10ccc98)ccc7cc65)c5ccccc45)nc4ccccc34)cc21.c1ccc(-n2c3ccccc3c3ccc(-c4nc(-c5cccc6cc(-n7c8ccccc8c8cc9cc(-n%10c%11ccccc%11c%11c%12ccccc%12ccc%11%10)ccc9cc87)ccc56)nc5ccccc45)cc32)cc1. The molecule has 0 N–H and O–H groups in total. The van der Waals surface area contributed by atoms with Crippen LogP contribution in [0.4, 0.5) is 0 Å². The molecule has 0 atom stereocenters. The molecule has 7 aromatic heterocycles. The Kier molecular flexibility index (Phi) is 17.2. The Bertz CT molecular complexity index is 10700. The lowest BCUT2D eigenvalue weighted by Crippen LogP contribution is -2.15. The lowest BCUT2D eigenvalue weighted by Gasteiger charge is -2.22. The molecule has 9 nitrogen and oxygen atoms in total. The first-order chi connectivity index (χ1) is 70.2. The van der Waals surface area contributed by atoms with Crippen molar-refractivity contribution in [3.05, 3.63) is 478 Å². The molecule has 0 aliphatic heterocycles. The standard InChI is InChI=1S/C68H41N5.C65H42N4/c1-2-17-47(18-3-1)71-60-26-11-7-20-52(60)54-34-30-45(41-64(54)71)67-56-22-6-10-25-59(56)69-68(70-67)55-24-14-16-44-37-49(33-35-50(44)55)73-61-27-12-8-21-53(61)58-39-46-38-48(32-29-43(46)40-65(58)73)72-62-28-13-9-23-57(62)66-51-19-5-4-15-42(51)31-36-63(66)72;1-65(2)54-23-11-7-18-46(54)47-31-28-41(37-55(47)65)63-51-21-8-12-24-56(51)66-64(67-63)50-32-34-59(48-19-6-5-17-45(48)50)69-57-25-13-9-20-49(57)53-36-42-35-43(30-27-40(42)38-61(53)69)68-58-26-14-10-22-52(58)62-44-16-4-3-15-39(44)29-33-60(62)68/h1-41H;3-38H,1-2H3. The van der Waals surface area contributed by atoms with Crippen molar-refractivity contribution in [1.29, 1.82) is 0 Å². The summed E-state index contributed by atoms with van der Waals surface area (Å²) in [5.74, 6) is 1.42. The van der Waals surface area contributed by atoms with Crippen molar-refractivity contribution in [2.24, 2.45) is 0 Å². The van der Waals surface area contributed by atoms with Crippen LogP contribution in [0.2, 0.25) is 0 Å². The molecule has 7 heterocycles. The highest BCUT2D eigenvalue weighted by Crippen LogP contribution is 2.52. The molecule has 0 unspecified atom stereocenters. The minimum absolute atomic E-state index is 0.120. The molecule has 142 heavy (non-hydrogen) atoms. The molecular formula is C133H83N9. The average Bonchev–Trinajstić information content (AvgIpc) is 1.55. The van der Waals surface area contributed by atoms with Crippen LogP contribution < -0.4 is 0 Å². The molecular weight excluding hydrogens is 1720 g/mol. The van der Waals surface area contributed by atoms with Crippen LogP contribution in [0.5, 0.6) is 0 Å². The van der Waals surface area contributed by atoms with Crippen LogP contribution in [0.15, 0.2) is 467 Å². The molecule has 1 aliphatic rings. The van der Waals surface area contributed by atoms with Crippen molar-refractivity contribution in [3.63, 3.8) is 0 Å². The maximum absolute atomic E-state index is 5.49. The third kappa shape index (κ3) is 11.9. The molecule has 9 heteroatoms. The Morgan fingerprint density at radius 2 is 0.556 bits per heavy atom. The average molecular weight is 1810 g/mol. The summed E-state index contributed by atoms with van der Waals surface area (Å²) in [6.07, 6.45) is 0. The van der Waals surface area contributed by atoms with Crippen molar-refractivity contribution >= 4 is 195 Å². The van der Waals surface area contributed by atoms with E-state index in [1.54, 1.807) is 0 Å². The van der Waals surface area contributed by atoms with E-state index >= 15 is 0 Å². The second-order valence-corrected chi connectivity index (χ2v) is 38.6. The number of hydrogen-bond donors (Lipinski definition) is 0. The van der Waals surface area contributed by atoms with Gasteiger partial charge in [0.05, 0.1) is 83.3 Å². The fourth-order valence-corrected chi connectivity index (χ4v) is 24.2. The predicted octanol–water partition coefficient (Wildman–Crippen LogP) is 34.6. The molecule has 0 saturated heterocycles. The first kappa shape index (κ1) is 79.5. The lowest BCUT2D eigenvalue weighted by molar-refractivity contribution is 0.660.